The number of hydrogen-bond donors (Lipinski definition) is 3. The second-order valence-electron chi connectivity index (χ2n) is 8.47. The van der Waals surface area contributed by atoms with Crippen LogP contribution in [0, 0.1) is 5.92 Å². The molecular formula is C25H28N2O5S. The van der Waals surface area contributed by atoms with Gasteiger partial charge in [0.15, 0.2) is 0 Å². The molecule has 7 nitrogen and oxygen atoms in total. The van der Waals surface area contributed by atoms with Gasteiger partial charge in [-0.1, -0.05) is 48.5 Å². The Balaban J connectivity index is 1.38. The molecule has 1 unspecified atom stereocenters. The summed E-state index contributed by atoms with van der Waals surface area (Å²) in [4.78, 5) is 36.9. The minimum absolute atomic E-state index is 0.000442. The predicted octanol–water partition coefficient (Wildman–Crippen LogP) is 3.63. The molecular weight excluding hydrogens is 440 g/mol. The maximum absolute atomic E-state index is 12.8. The molecule has 0 heterocycles. The summed E-state index contributed by atoms with van der Waals surface area (Å²) in [5.41, 5.74) is 4.51. The average Bonchev–Trinajstić information content (AvgIpc) is 3.61. The summed E-state index contributed by atoms with van der Waals surface area (Å²) in [6, 6.07) is 14.4. The first-order valence-electron chi connectivity index (χ1n) is 11.1. The van der Waals surface area contributed by atoms with E-state index in [1.807, 2.05) is 42.7 Å². The van der Waals surface area contributed by atoms with E-state index in [2.05, 4.69) is 22.8 Å². The van der Waals surface area contributed by atoms with Crippen molar-refractivity contribution in [2.75, 3.05) is 18.6 Å². The van der Waals surface area contributed by atoms with Crippen molar-refractivity contribution in [1.29, 1.82) is 0 Å². The molecule has 0 aliphatic heterocycles. The van der Waals surface area contributed by atoms with Gasteiger partial charge in [0.25, 0.3) is 0 Å². The topological polar surface area (TPSA) is 105 Å². The molecule has 174 valence electrons. The van der Waals surface area contributed by atoms with E-state index in [-0.39, 0.29) is 18.4 Å². The molecule has 1 saturated carbocycles. The number of thioether (sulfide) groups is 1. The molecule has 33 heavy (non-hydrogen) atoms. The molecule has 2 aromatic rings. The minimum Gasteiger partial charge on any atom is -0.480 e. The Morgan fingerprint density at radius 2 is 1.64 bits per heavy atom. The highest BCUT2D eigenvalue weighted by Crippen LogP contribution is 2.44. The number of alkyl carbamates (subject to hydrolysis) is 1. The SMILES string of the molecule is CSCC[C@@H](NC(=O)C(NC(=O)OCC1c2ccccc2-c2ccccc21)C1CC1)C(=O)O. The number of hydrogen-bond acceptors (Lipinski definition) is 5. The lowest BCUT2D eigenvalue weighted by atomic mass is 9.98. The Labute approximate surface area is 197 Å². The first-order valence-corrected chi connectivity index (χ1v) is 12.5. The van der Waals surface area contributed by atoms with Gasteiger partial charge in [0, 0.05) is 5.92 Å². The molecule has 0 spiro atoms. The lowest BCUT2D eigenvalue weighted by Gasteiger charge is -2.21. The molecule has 2 aliphatic rings. The van der Waals surface area contributed by atoms with Crippen molar-refractivity contribution in [3.63, 3.8) is 0 Å². The van der Waals surface area contributed by atoms with Gasteiger partial charge in [0.1, 0.15) is 18.7 Å². The monoisotopic (exact) mass is 468 g/mol. The van der Waals surface area contributed by atoms with E-state index >= 15 is 0 Å². The third kappa shape index (κ3) is 5.33. The molecule has 2 aromatic carbocycles. The first-order chi connectivity index (χ1) is 16.0. The van der Waals surface area contributed by atoms with Crippen LogP contribution in [-0.4, -0.2) is 53.8 Å². The van der Waals surface area contributed by atoms with E-state index < -0.39 is 30.1 Å². The molecule has 2 atom stereocenters. The van der Waals surface area contributed by atoms with Crippen LogP contribution in [0.3, 0.4) is 0 Å². The number of nitrogens with one attached hydrogen (secondary N) is 2. The fourth-order valence-corrected chi connectivity index (χ4v) is 4.82. The van der Waals surface area contributed by atoms with Crippen molar-refractivity contribution < 1.29 is 24.2 Å². The van der Waals surface area contributed by atoms with Crippen molar-refractivity contribution >= 4 is 29.7 Å². The van der Waals surface area contributed by atoms with Crippen molar-refractivity contribution in [2.24, 2.45) is 5.92 Å². The minimum atomic E-state index is -1.08. The number of fused-ring (bicyclic) bond motifs is 3. The third-order valence-corrected chi connectivity index (χ3v) is 6.86. The van der Waals surface area contributed by atoms with Crippen LogP contribution in [0.5, 0.6) is 0 Å². The summed E-state index contributed by atoms with van der Waals surface area (Å²) in [5.74, 6) is -1.00. The maximum Gasteiger partial charge on any atom is 0.407 e. The molecule has 1 fully saturated rings. The van der Waals surface area contributed by atoms with Crippen LogP contribution in [0.4, 0.5) is 4.79 Å². The fourth-order valence-electron chi connectivity index (χ4n) is 4.35. The molecule has 8 heteroatoms. The van der Waals surface area contributed by atoms with Crippen molar-refractivity contribution in [3.8, 4) is 11.1 Å². The second-order valence-corrected chi connectivity index (χ2v) is 9.45. The fraction of sp³-hybridized carbons (Fsp3) is 0.400. The number of carboxylic acid groups (broad SMARTS) is 1. The number of carbonyl (C=O) groups excluding carboxylic acids is 2. The van der Waals surface area contributed by atoms with E-state index in [0.29, 0.717) is 12.2 Å². The quantitative estimate of drug-likeness (QED) is 0.492. The highest BCUT2D eigenvalue weighted by molar-refractivity contribution is 7.98. The number of benzene rings is 2. The van der Waals surface area contributed by atoms with Crippen molar-refractivity contribution in [1.82, 2.24) is 10.6 Å². The highest BCUT2D eigenvalue weighted by Gasteiger charge is 2.39. The predicted molar refractivity (Wildman–Crippen MR) is 127 cm³/mol. The summed E-state index contributed by atoms with van der Waals surface area (Å²) in [5, 5.41) is 14.7. The number of aliphatic carboxylic acids is 1. The average molecular weight is 469 g/mol. The number of carbonyl (C=O) groups is 3. The van der Waals surface area contributed by atoms with Crippen molar-refractivity contribution in [3.05, 3.63) is 59.7 Å². The van der Waals surface area contributed by atoms with Crippen LogP contribution in [-0.2, 0) is 14.3 Å². The van der Waals surface area contributed by atoms with Crippen molar-refractivity contribution in [2.45, 2.75) is 37.3 Å². The zero-order chi connectivity index (χ0) is 23.4. The van der Waals surface area contributed by atoms with Crippen LogP contribution >= 0.6 is 11.8 Å². The van der Waals surface area contributed by atoms with Crippen LogP contribution < -0.4 is 10.6 Å². The van der Waals surface area contributed by atoms with Gasteiger partial charge in [-0.25, -0.2) is 9.59 Å². The standard InChI is InChI=1S/C25H28N2O5S/c1-33-13-12-21(24(29)30)26-23(28)22(15-10-11-15)27-25(31)32-14-20-18-8-4-2-6-16(18)17-7-3-5-9-19(17)20/h2-9,15,20-22H,10-14H2,1H3,(H,26,28)(H,27,31)(H,29,30)/t21-,22?/m1/s1. The molecule has 3 N–H and O–H groups in total. The van der Waals surface area contributed by atoms with Gasteiger partial charge in [-0.05, 0) is 59.4 Å². The Morgan fingerprint density at radius 3 is 2.18 bits per heavy atom. The number of amides is 2. The van der Waals surface area contributed by atoms with E-state index in [4.69, 9.17) is 4.74 Å². The number of ether oxygens (including phenoxy) is 1. The molecule has 0 aromatic heterocycles. The highest BCUT2D eigenvalue weighted by atomic mass is 32.2. The first kappa shape index (κ1) is 23.2. The molecule has 2 aliphatic carbocycles. The van der Waals surface area contributed by atoms with Gasteiger partial charge in [0.2, 0.25) is 5.91 Å². The Bertz CT molecular complexity index is 993. The van der Waals surface area contributed by atoms with E-state index in [1.165, 1.54) is 11.8 Å². The summed E-state index contributed by atoms with van der Waals surface area (Å²) in [7, 11) is 0. The Kier molecular flexibility index (Phi) is 7.23. The van der Waals surface area contributed by atoms with Crippen LogP contribution in [0.25, 0.3) is 11.1 Å². The number of carboxylic acids is 1. The van der Waals surface area contributed by atoms with Crippen LogP contribution in [0.15, 0.2) is 48.5 Å². The van der Waals surface area contributed by atoms with E-state index in [1.54, 1.807) is 0 Å². The summed E-state index contributed by atoms with van der Waals surface area (Å²) < 4.78 is 5.57. The summed E-state index contributed by atoms with van der Waals surface area (Å²) >= 11 is 1.52. The Hall–Kier alpha value is -3.00. The molecule has 2 amide bonds. The van der Waals surface area contributed by atoms with Gasteiger partial charge < -0.3 is 20.5 Å². The second kappa shape index (κ2) is 10.3. The maximum atomic E-state index is 12.8. The van der Waals surface area contributed by atoms with E-state index in [0.717, 1.165) is 35.1 Å². The van der Waals surface area contributed by atoms with E-state index in [9.17, 15) is 19.5 Å². The zero-order valence-electron chi connectivity index (χ0n) is 18.5. The lowest BCUT2D eigenvalue weighted by molar-refractivity contribution is -0.142. The summed E-state index contributed by atoms with van der Waals surface area (Å²) in [6.45, 7) is 0.157. The zero-order valence-corrected chi connectivity index (χ0v) is 19.3. The smallest absolute Gasteiger partial charge is 0.407 e. The summed E-state index contributed by atoms with van der Waals surface area (Å²) in [6.07, 6.45) is 3.16. The van der Waals surface area contributed by atoms with Crippen LogP contribution in [0.1, 0.15) is 36.3 Å². The van der Waals surface area contributed by atoms with Gasteiger partial charge in [0.05, 0.1) is 0 Å². The third-order valence-electron chi connectivity index (χ3n) is 6.22. The molecule has 0 radical (unpaired) electrons. The van der Waals surface area contributed by atoms with Gasteiger partial charge in [-0.15, -0.1) is 0 Å². The molecule has 0 saturated heterocycles. The lowest BCUT2D eigenvalue weighted by Crippen LogP contribution is -2.52. The van der Waals surface area contributed by atoms with Crippen LogP contribution in [0.2, 0.25) is 0 Å². The normalized spacial score (nSPS) is 16.3. The van der Waals surface area contributed by atoms with Gasteiger partial charge in [-0.3, -0.25) is 4.79 Å². The van der Waals surface area contributed by atoms with Gasteiger partial charge in [-0.2, -0.15) is 11.8 Å². The van der Waals surface area contributed by atoms with Gasteiger partial charge >= 0.3 is 12.1 Å². The Morgan fingerprint density at radius 1 is 1.03 bits per heavy atom. The largest absolute Gasteiger partial charge is 0.480 e. The molecule has 4 rings (SSSR count). The molecule has 0 bridgehead atoms. The number of rotatable bonds is 10.